The normalized spacial score (nSPS) is 23.5. The van der Waals surface area contributed by atoms with E-state index in [1.165, 1.54) is 13.2 Å². The number of esters is 1. The van der Waals surface area contributed by atoms with Crippen LogP contribution in [0.1, 0.15) is 24.8 Å². The zero-order valence-corrected chi connectivity index (χ0v) is 18.5. The monoisotopic (exact) mass is 457 g/mol. The predicted molar refractivity (Wildman–Crippen MR) is 115 cm³/mol. The third-order valence-corrected chi connectivity index (χ3v) is 7.03. The Labute approximate surface area is 184 Å². The minimum atomic E-state index is -0.556. The Kier molecular flexibility index (Phi) is 7.60. The number of hydrogen-bond donors (Lipinski definition) is 1. The van der Waals surface area contributed by atoms with Gasteiger partial charge in [0.05, 0.1) is 48.0 Å². The molecule has 2 aliphatic heterocycles. The molecule has 0 aliphatic carbocycles. The summed E-state index contributed by atoms with van der Waals surface area (Å²) in [5.74, 6) is -1.02. The van der Waals surface area contributed by atoms with Crippen LogP contribution in [0.25, 0.3) is 0 Å². The van der Waals surface area contributed by atoms with Crippen molar-refractivity contribution in [2.24, 2.45) is 4.99 Å². The molecule has 1 unspecified atom stereocenters. The summed E-state index contributed by atoms with van der Waals surface area (Å²) < 4.78 is 24.4. The smallest absolute Gasteiger partial charge is 0.305 e. The first-order valence-electron chi connectivity index (χ1n) is 9.65. The van der Waals surface area contributed by atoms with Crippen LogP contribution < -0.4 is 5.73 Å². The zero-order chi connectivity index (χ0) is 21.8. The molecular weight excluding hydrogens is 433 g/mol. The first kappa shape index (κ1) is 22.8. The molecule has 1 aromatic rings. The highest BCUT2D eigenvalue weighted by molar-refractivity contribution is 8.14. The second kappa shape index (κ2) is 9.98. The van der Waals surface area contributed by atoms with E-state index in [1.54, 1.807) is 23.8 Å². The maximum absolute atomic E-state index is 14.2. The average molecular weight is 458 g/mol. The van der Waals surface area contributed by atoms with Gasteiger partial charge in [0.2, 0.25) is 5.91 Å². The number of rotatable bonds is 7. The quantitative estimate of drug-likeness (QED) is 0.499. The minimum absolute atomic E-state index is 0.115. The highest BCUT2D eigenvalue weighted by Crippen LogP contribution is 2.34. The van der Waals surface area contributed by atoms with Crippen molar-refractivity contribution in [3.8, 4) is 0 Å². The maximum atomic E-state index is 14.2. The predicted octanol–water partition coefficient (Wildman–Crippen LogP) is 2.69. The van der Waals surface area contributed by atoms with Gasteiger partial charge in [-0.2, -0.15) is 0 Å². The highest BCUT2D eigenvalue weighted by atomic mass is 35.5. The second-order valence-corrected chi connectivity index (χ2v) is 9.06. The maximum Gasteiger partial charge on any atom is 0.305 e. The van der Waals surface area contributed by atoms with Crippen molar-refractivity contribution in [1.29, 1.82) is 0 Å². The highest BCUT2D eigenvalue weighted by Gasteiger charge is 2.40. The molecule has 7 nitrogen and oxygen atoms in total. The molecule has 10 heteroatoms. The van der Waals surface area contributed by atoms with Crippen molar-refractivity contribution in [2.75, 3.05) is 33.0 Å². The molecule has 1 saturated heterocycles. The van der Waals surface area contributed by atoms with Gasteiger partial charge in [-0.05, 0) is 24.1 Å². The standard InChI is InChI=1S/C20H25ClFN3O4S/c1-28-12-7-17(20-24-9-13(30-20)3-4-19(27)29-2)25(10-12)18(26)6-11-5-14(21)16(23)8-15(11)22/h5,8,12-13,17H,3-4,6-7,9-10,23H2,1-2H3/t12-,13?,17-/m0/s1. The largest absolute Gasteiger partial charge is 0.469 e. The number of ether oxygens (including phenoxy) is 2. The Balaban J connectivity index is 1.68. The molecule has 1 aromatic carbocycles. The molecule has 0 spiro atoms. The lowest BCUT2D eigenvalue weighted by molar-refractivity contribution is -0.140. The average Bonchev–Trinajstić information content (AvgIpc) is 3.36. The molecule has 3 rings (SSSR count). The molecule has 2 aliphatic rings. The number of hydrogen-bond acceptors (Lipinski definition) is 7. The summed E-state index contributed by atoms with van der Waals surface area (Å²) in [6.45, 7) is 1.01. The Morgan fingerprint density at radius 1 is 1.40 bits per heavy atom. The number of likely N-dealkylation sites (tertiary alicyclic amines) is 1. The van der Waals surface area contributed by atoms with Gasteiger partial charge in [-0.3, -0.25) is 14.6 Å². The van der Waals surface area contributed by atoms with E-state index >= 15 is 0 Å². The van der Waals surface area contributed by atoms with E-state index in [-0.39, 0.29) is 52.0 Å². The van der Waals surface area contributed by atoms with Crippen molar-refractivity contribution >= 4 is 46.0 Å². The number of carbonyl (C=O) groups excluding carboxylic acids is 2. The molecule has 0 aromatic heterocycles. The fourth-order valence-corrected chi connectivity index (χ4v) is 5.08. The number of nitrogen functional groups attached to an aromatic ring is 1. The number of halogens is 2. The van der Waals surface area contributed by atoms with Crippen LogP contribution in [0.2, 0.25) is 5.02 Å². The zero-order valence-electron chi connectivity index (χ0n) is 16.9. The lowest BCUT2D eigenvalue weighted by atomic mass is 10.1. The SMILES string of the molecule is COC(=O)CCC1CN=C([C@@H]2C[C@H](OC)CN2C(=O)Cc2cc(Cl)c(N)cc2F)S1. The molecule has 30 heavy (non-hydrogen) atoms. The van der Waals surface area contributed by atoms with Crippen LogP contribution in [0.15, 0.2) is 17.1 Å². The summed E-state index contributed by atoms with van der Waals surface area (Å²) in [5.41, 5.74) is 5.96. The number of methoxy groups -OCH3 is 2. The summed E-state index contributed by atoms with van der Waals surface area (Å²) in [7, 11) is 2.98. The van der Waals surface area contributed by atoms with Crippen LogP contribution >= 0.6 is 23.4 Å². The van der Waals surface area contributed by atoms with Crippen molar-refractivity contribution in [2.45, 2.75) is 43.1 Å². The van der Waals surface area contributed by atoms with Gasteiger partial charge in [-0.15, -0.1) is 11.8 Å². The Hall–Kier alpha value is -1.84. The van der Waals surface area contributed by atoms with E-state index < -0.39 is 5.82 Å². The van der Waals surface area contributed by atoms with Crippen LogP contribution in [-0.2, 0) is 25.5 Å². The van der Waals surface area contributed by atoms with E-state index in [0.717, 1.165) is 11.1 Å². The molecule has 3 atom stereocenters. The molecule has 164 valence electrons. The third kappa shape index (κ3) is 5.25. The summed E-state index contributed by atoms with van der Waals surface area (Å²) in [5, 5.41) is 1.25. The molecular formula is C20H25ClFN3O4S. The first-order chi connectivity index (χ1) is 14.3. The Bertz CT molecular complexity index is 854. The van der Waals surface area contributed by atoms with Gasteiger partial charge in [0.25, 0.3) is 0 Å². The number of benzene rings is 1. The van der Waals surface area contributed by atoms with E-state index in [4.69, 9.17) is 26.8 Å². The van der Waals surface area contributed by atoms with Crippen LogP contribution in [0.4, 0.5) is 10.1 Å². The number of aliphatic imine (C=N–C) groups is 1. The summed E-state index contributed by atoms with van der Waals surface area (Å²) >= 11 is 7.58. The lowest BCUT2D eigenvalue weighted by Gasteiger charge is -2.25. The molecule has 1 amide bonds. The Morgan fingerprint density at radius 3 is 2.87 bits per heavy atom. The van der Waals surface area contributed by atoms with Gasteiger partial charge < -0.3 is 20.1 Å². The van der Waals surface area contributed by atoms with Gasteiger partial charge in [0.15, 0.2) is 0 Å². The van der Waals surface area contributed by atoms with E-state index in [0.29, 0.717) is 32.4 Å². The topological polar surface area (TPSA) is 94.2 Å². The fraction of sp³-hybridized carbons (Fsp3) is 0.550. The van der Waals surface area contributed by atoms with Crippen LogP contribution in [0.3, 0.4) is 0 Å². The van der Waals surface area contributed by atoms with Crippen LogP contribution in [0.5, 0.6) is 0 Å². The van der Waals surface area contributed by atoms with Gasteiger partial charge in [0.1, 0.15) is 5.82 Å². The van der Waals surface area contributed by atoms with Crippen LogP contribution in [0, 0.1) is 5.82 Å². The molecule has 1 fully saturated rings. The van der Waals surface area contributed by atoms with Crippen molar-refractivity contribution in [3.05, 3.63) is 28.5 Å². The van der Waals surface area contributed by atoms with Gasteiger partial charge in [0, 0.05) is 31.7 Å². The van der Waals surface area contributed by atoms with E-state index in [1.807, 2.05) is 0 Å². The minimum Gasteiger partial charge on any atom is -0.469 e. The lowest BCUT2D eigenvalue weighted by Crippen LogP contribution is -2.40. The van der Waals surface area contributed by atoms with Crippen molar-refractivity contribution in [1.82, 2.24) is 4.90 Å². The van der Waals surface area contributed by atoms with Crippen molar-refractivity contribution in [3.63, 3.8) is 0 Å². The molecule has 2 heterocycles. The second-order valence-electron chi connectivity index (χ2n) is 7.33. The first-order valence-corrected chi connectivity index (χ1v) is 10.9. The number of nitrogens with zero attached hydrogens (tertiary/aromatic N) is 2. The fourth-order valence-electron chi connectivity index (χ4n) is 3.63. The van der Waals surface area contributed by atoms with Gasteiger partial charge in [-0.25, -0.2) is 4.39 Å². The third-order valence-electron chi connectivity index (χ3n) is 5.35. The van der Waals surface area contributed by atoms with E-state index in [2.05, 4.69) is 4.99 Å². The summed E-state index contributed by atoms with van der Waals surface area (Å²) in [6, 6.07) is 2.31. The molecule has 0 bridgehead atoms. The van der Waals surface area contributed by atoms with E-state index in [9.17, 15) is 14.0 Å². The number of amides is 1. The molecule has 0 radical (unpaired) electrons. The number of nitrogens with two attached hydrogens (primary N) is 1. The molecule has 0 saturated carbocycles. The Morgan fingerprint density at radius 2 is 2.17 bits per heavy atom. The number of anilines is 1. The van der Waals surface area contributed by atoms with Crippen molar-refractivity contribution < 1.29 is 23.5 Å². The van der Waals surface area contributed by atoms with Gasteiger partial charge in [-0.1, -0.05) is 11.6 Å². The van der Waals surface area contributed by atoms with Crippen LogP contribution in [-0.4, -0.2) is 66.5 Å². The number of carbonyl (C=O) groups is 2. The summed E-state index contributed by atoms with van der Waals surface area (Å²) in [6.07, 6.45) is 1.39. The molecule has 2 N–H and O–H groups in total. The van der Waals surface area contributed by atoms with Gasteiger partial charge >= 0.3 is 5.97 Å². The summed E-state index contributed by atoms with van der Waals surface area (Å²) in [4.78, 5) is 30.7. The number of thioether (sulfide) groups is 1.